The van der Waals surface area contributed by atoms with E-state index in [4.69, 9.17) is 0 Å². The fourth-order valence-corrected chi connectivity index (χ4v) is 2.49. The van der Waals surface area contributed by atoms with Gasteiger partial charge in [-0.15, -0.1) is 12.4 Å². The van der Waals surface area contributed by atoms with Crippen molar-refractivity contribution in [2.24, 2.45) is 0 Å². The first-order valence-electron chi connectivity index (χ1n) is 6.91. The number of carbonyl (C=O) groups excluding carboxylic acids is 1. The summed E-state index contributed by atoms with van der Waals surface area (Å²) in [5, 5.41) is 3.27. The molecule has 0 aromatic heterocycles. The van der Waals surface area contributed by atoms with Gasteiger partial charge in [-0.3, -0.25) is 4.79 Å². The first-order valence-corrected chi connectivity index (χ1v) is 6.91. The maximum atomic E-state index is 13.6. The lowest BCUT2D eigenvalue weighted by Crippen LogP contribution is -2.42. The number of nitrogens with one attached hydrogen (secondary N) is 1. The molecule has 1 saturated heterocycles. The van der Waals surface area contributed by atoms with Gasteiger partial charge in [0.1, 0.15) is 5.82 Å². The average Bonchev–Trinajstić information content (AvgIpc) is 2.92. The summed E-state index contributed by atoms with van der Waals surface area (Å²) in [7, 11) is 0. The Morgan fingerprint density at radius 3 is 2.80 bits per heavy atom. The van der Waals surface area contributed by atoms with Crippen LogP contribution in [0, 0.1) is 12.7 Å². The molecule has 1 N–H and O–H groups in total. The molecule has 112 valence electrons. The summed E-state index contributed by atoms with van der Waals surface area (Å²) in [5.41, 5.74) is 1.02. The molecule has 20 heavy (non-hydrogen) atoms. The van der Waals surface area contributed by atoms with Gasteiger partial charge in [-0.25, -0.2) is 4.39 Å². The Kier molecular flexibility index (Phi) is 6.43. The van der Waals surface area contributed by atoms with E-state index in [2.05, 4.69) is 12.2 Å². The van der Waals surface area contributed by atoms with Crippen LogP contribution in [0.4, 0.5) is 4.39 Å². The largest absolute Gasteiger partial charge is 0.334 e. The zero-order valence-electron chi connectivity index (χ0n) is 12.0. The molecule has 2 rings (SSSR count). The van der Waals surface area contributed by atoms with Crippen LogP contribution in [0.15, 0.2) is 18.2 Å². The predicted molar refractivity (Wildman–Crippen MR) is 81.0 cm³/mol. The zero-order chi connectivity index (χ0) is 13.8. The molecule has 1 aliphatic heterocycles. The van der Waals surface area contributed by atoms with Crippen LogP contribution in [0.1, 0.15) is 35.7 Å². The molecule has 0 saturated carbocycles. The van der Waals surface area contributed by atoms with Gasteiger partial charge in [0.2, 0.25) is 0 Å². The predicted octanol–water partition coefficient (Wildman–Crippen LogP) is 2.77. The van der Waals surface area contributed by atoms with E-state index in [0.717, 1.165) is 32.5 Å². The lowest BCUT2D eigenvalue weighted by molar-refractivity contribution is 0.0691. The number of nitrogens with zero attached hydrogens (tertiary/aromatic N) is 1. The standard InChI is InChI=1S/C15H21FN2O.ClH/c1-3-8-18(13-6-7-17-10-13)15(19)12-5-4-11(2)14(16)9-12;/h4-5,9,13,17H,3,6-8,10H2,1-2H3;1H. The summed E-state index contributed by atoms with van der Waals surface area (Å²) in [4.78, 5) is 14.4. The Bertz CT molecular complexity index is 461. The quantitative estimate of drug-likeness (QED) is 0.927. The molecule has 1 amide bonds. The lowest BCUT2D eigenvalue weighted by Gasteiger charge is -2.28. The number of hydrogen-bond donors (Lipinski definition) is 1. The van der Waals surface area contributed by atoms with E-state index in [9.17, 15) is 9.18 Å². The van der Waals surface area contributed by atoms with E-state index in [1.54, 1.807) is 19.1 Å². The van der Waals surface area contributed by atoms with Crippen molar-refractivity contribution < 1.29 is 9.18 Å². The highest BCUT2D eigenvalue weighted by Gasteiger charge is 2.26. The third kappa shape index (κ3) is 3.70. The van der Waals surface area contributed by atoms with Crippen LogP contribution in [-0.2, 0) is 0 Å². The van der Waals surface area contributed by atoms with E-state index in [0.29, 0.717) is 11.1 Å². The van der Waals surface area contributed by atoms with Crippen LogP contribution in [0.5, 0.6) is 0 Å². The van der Waals surface area contributed by atoms with Crippen LogP contribution in [-0.4, -0.2) is 36.5 Å². The summed E-state index contributed by atoms with van der Waals surface area (Å²) >= 11 is 0. The first kappa shape index (κ1) is 16.9. The number of hydrogen-bond acceptors (Lipinski definition) is 2. The van der Waals surface area contributed by atoms with Gasteiger partial charge in [-0.05, 0) is 44.0 Å². The van der Waals surface area contributed by atoms with Crippen molar-refractivity contribution in [2.75, 3.05) is 19.6 Å². The fourth-order valence-electron chi connectivity index (χ4n) is 2.49. The van der Waals surface area contributed by atoms with Crippen LogP contribution in [0.2, 0.25) is 0 Å². The molecular weight excluding hydrogens is 279 g/mol. The highest BCUT2D eigenvalue weighted by Crippen LogP contribution is 2.16. The van der Waals surface area contributed by atoms with Crippen molar-refractivity contribution in [2.45, 2.75) is 32.7 Å². The van der Waals surface area contributed by atoms with Crippen LogP contribution >= 0.6 is 12.4 Å². The van der Waals surface area contributed by atoms with Crippen molar-refractivity contribution in [3.8, 4) is 0 Å². The van der Waals surface area contributed by atoms with Gasteiger partial charge < -0.3 is 10.2 Å². The number of carbonyl (C=O) groups is 1. The minimum atomic E-state index is -0.313. The molecule has 1 heterocycles. The second kappa shape index (κ2) is 7.60. The Labute approximate surface area is 125 Å². The summed E-state index contributed by atoms with van der Waals surface area (Å²) in [5.74, 6) is -0.374. The van der Waals surface area contributed by atoms with Crippen LogP contribution in [0.3, 0.4) is 0 Å². The third-order valence-corrected chi connectivity index (χ3v) is 3.62. The van der Waals surface area contributed by atoms with E-state index < -0.39 is 0 Å². The van der Waals surface area contributed by atoms with E-state index in [1.807, 2.05) is 4.90 Å². The molecule has 1 unspecified atom stereocenters. The average molecular weight is 301 g/mol. The van der Waals surface area contributed by atoms with Gasteiger partial charge >= 0.3 is 0 Å². The molecule has 1 fully saturated rings. The van der Waals surface area contributed by atoms with Crippen LogP contribution < -0.4 is 5.32 Å². The Morgan fingerprint density at radius 2 is 2.25 bits per heavy atom. The second-order valence-corrected chi connectivity index (χ2v) is 5.11. The Balaban J connectivity index is 0.00000200. The highest BCUT2D eigenvalue weighted by atomic mass is 35.5. The van der Waals surface area contributed by atoms with E-state index in [-0.39, 0.29) is 30.2 Å². The molecule has 0 radical (unpaired) electrons. The molecular formula is C15H22ClFN2O. The molecule has 0 bridgehead atoms. The van der Waals surface area contributed by atoms with Crippen molar-refractivity contribution >= 4 is 18.3 Å². The molecule has 1 aliphatic rings. The normalized spacial score (nSPS) is 17.6. The SMILES string of the molecule is CCCN(C(=O)c1ccc(C)c(F)c1)C1CCNC1.Cl. The van der Waals surface area contributed by atoms with E-state index in [1.165, 1.54) is 6.07 Å². The summed E-state index contributed by atoms with van der Waals surface area (Å²) < 4.78 is 13.6. The number of aryl methyl sites for hydroxylation is 1. The third-order valence-electron chi connectivity index (χ3n) is 3.62. The Hall–Kier alpha value is -1.13. The molecule has 3 nitrogen and oxygen atoms in total. The fraction of sp³-hybridized carbons (Fsp3) is 0.533. The lowest BCUT2D eigenvalue weighted by atomic mass is 10.1. The summed E-state index contributed by atoms with van der Waals surface area (Å²) in [6.45, 7) is 6.26. The molecule has 0 spiro atoms. The van der Waals surface area contributed by atoms with Gasteiger partial charge in [0.05, 0.1) is 0 Å². The molecule has 1 aromatic rings. The van der Waals surface area contributed by atoms with Crippen molar-refractivity contribution in [1.82, 2.24) is 10.2 Å². The van der Waals surface area contributed by atoms with Crippen LogP contribution in [0.25, 0.3) is 0 Å². The molecule has 0 aliphatic carbocycles. The monoisotopic (exact) mass is 300 g/mol. The smallest absolute Gasteiger partial charge is 0.254 e. The highest BCUT2D eigenvalue weighted by molar-refractivity contribution is 5.94. The van der Waals surface area contributed by atoms with Crippen molar-refractivity contribution in [3.05, 3.63) is 35.1 Å². The van der Waals surface area contributed by atoms with Gasteiger partial charge in [0.25, 0.3) is 5.91 Å². The summed E-state index contributed by atoms with van der Waals surface area (Å²) in [6.07, 6.45) is 1.89. The first-order chi connectivity index (χ1) is 9.13. The number of benzene rings is 1. The van der Waals surface area contributed by atoms with Gasteiger partial charge in [0.15, 0.2) is 0 Å². The Morgan fingerprint density at radius 1 is 1.50 bits per heavy atom. The maximum absolute atomic E-state index is 13.6. The maximum Gasteiger partial charge on any atom is 0.254 e. The molecule has 1 atom stereocenters. The number of rotatable bonds is 4. The van der Waals surface area contributed by atoms with Crippen molar-refractivity contribution in [3.63, 3.8) is 0 Å². The number of amides is 1. The minimum Gasteiger partial charge on any atom is -0.334 e. The molecule has 1 aromatic carbocycles. The summed E-state index contributed by atoms with van der Waals surface area (Å²) in [6, 6.07) is 4.96. The van der Waals surface area contributed by atoms with Gasteiger partial charge in [0, 0.05) is 24.7 Å². The zero-order valence-corrected chi connectivity index (χ0v) is 12.8. The van der Waals surface area contributed by atoms with Crippen molar-refractivity contribution in [1.29, 1.82) is 0 Å². The topological polar surface area (TPSA) is 32.3 Å². The molecule has 5 heteroatoms. The van der Waals surface area contributed by atoms with Gasteiger partial charge in [-0.2, -0.15) is 0 Å². The van der Waals surface area contributed by atoms with Gasteiger partial charge in [-0.1, -0.05) is 13.0 Å². The van der Waals surface area contributed by atoms with E-state index >= 15 is 0 Å². The minimum absolute atomic E-state index is 0. The number of halogens is 2. The second-order valence-electron chi connectivity index (χ2n) is 5.11.